The van der Waals surface area contributed by atoms with Gasteiger partial charge in [0.15, 0.2) is 11.6 Å². The topological polar surface area (TPSA) is 34.1 Å². The molecule has 3 aliphatic carbocycles. The first-order valence-corrected chi connectivity index (χ1v) is 8.27. The quantitative estimate of drug-likeness (QED) is 0.768. The van der Waals surface area contributed by atoms with E-state index < -0.39 is 0 Å². The summed E-state index contributed by atoms with van der Waals surface area (Å²) in [4.78, 5) is 25.6. The lowest BCUT2D eigenvalue weighted by Gasteiger charge is -2.36. The first-order valence-electron chi connectivity index (χ1n) is 8.27. The van der Waals surface area contributed by atoms with Crippen LogP contribution in [-0.2, 0) is 0 Å². The maximum atomic E-state index is 12.8. The lowest BCUT2D eigenvalue weighted by molar-refractivity contribution is 0.0617. The molecule has 0 N–H and O–H groups in total. The molecule has 21 heavy (non-hydrogen) atoms. The van der Waals surface area contributed by atoms with Crippen molar-refractivity contribution in [1.82, 2.24) is 0 Å². The van der Waals surface area contributed by atoms with E-state index in [2.05, 4.69) is 13.8 Å². The molecule has 0 unspecified atom stereocenters. The number of ketones is 2. The van der Waals surface area contributed by atoms with Crippen LogP contribution in [0.1, 0.15) is 53.8 Å². The number of benzene rings is 1. The summed E-state index contributed by atoms with van der Waals surface area (Å²) in [5.41, 5.74) is 1.33. The summed E-state index contributed by atoms with van der Waals surface area (Å²) in [5, 5.41) is 0. The van der Waals surface area contributed by atoms with Gasteiger partial charge in [0.2, 0.25) is 0 Å². The fourth-order valence-corrected chi connectivity index (χ4v) is 5.58. The highest BCUT2D eigenvalue weighted by Gasteiger charge is 2.56. The molecule has 0 heterocycles. The van der Waals surface area contributed by atoms with E-state index in [4.69, 9.17) is 0 Å². The van der Waals surface area contributed by atoms with Crippen molar-refractivity contribution in [3.05, 3.63) is 35.4 Å². The Morgan fingerprint density at radius 1 is 0.952 bits per heavy atom. The van der Waals surface area contributed by atoms with Gasteiger partial charge in [0.25, 0.3) is 0 Å². The third-order valence-electron chi connectivity index (χ3n) is 6.22. The van der Waals surface area contributed by atoms with E-state index in [1.165, 1.54) is 19.3 Å². The zero-order chi connectivity index (χ0) is 14.7. The second-order valence-electron chi connectivity index (χ2n) is 7.48. The molecular weight excluding hydrogens is 260 g/mol. The standard InChI is InChI=1S/C19H22O2/c1-10(2)15-11-7-8-12(9-11)16(15)17-18(20)13-5-3-4-6-14(13)19(17)21/h3-6,10-12,15-17H,7-9H2,1-2H3/t11-,12+,15+,16+/m0/s1. The zero-order valence-corrected chi connectivity index (χ0v) is 12.7. The molecule has 0 saturated heterocycles. The van der Waals surface area contributed by atoms with E-state index in [1.54, 1.807) is 0 Å². The zero-order valence-electron chi connectivity index (χ0n) is 12.7. The third-order valence-corrected chi connectivity index (χ3v) is 6.22. The molecule has 110 valence electrons. The Bertz CT molecular complexity index is 581. The van der Waals surface area contributed by atoms with Crippen LogP contribution in [0.15, 0.2) is 24.3 Å². The maximum absolute atomic E-state index is 12.8. The first kappa shape index (κ1) is 13.2. The molecule has 0 amide bonds. The lowest BCUT2D eigenvalue weighted by atomic mass is 9.67. The van der Waals surface area contributed by atoms with Crippen molar-refractivity contribution in [1.29, 1.82) is 0 Å². The van der Waals surface area contributed by atoms with E-state index in [1.807, 2.05) is 24.3 Å². The van der Waals surface area contributed by atoms with Crippen LogP contribution in [0.5, 0.6) is 0 Å². The van der Waals surface area contributed by atoms with Gasteiger partial charge in [0.1, 0.15) is 0 Å². The van der Waals surface area contributed by atoms with E-state index in [9.17, 15) is 9.59 Å². The van der Waals surface area contributed by atoms with Gasteiger partial charge in [0.05, 0.1) is 5.92 Å². The number of carbonyl (C=O) groups excluding carboxylic acids is 2. The average Bonchev–Trinajstić information content (AvgIpc) is 3.13. The van der Waals surface area contributed by atoms with Gasteiger partial charge in [-0.3, -0.25) is 9.59 Å². The molecule has 1 aromatic carbocycles. The van der Waals surface area contributed by atoms with E-state index in [-0.39, 0.29) is 23.4 Å². The summed E-state index contributed by atoms with van der Waals surface area (Å²) in [6.07, 6.45) is 3.75. The summed E-state index contributed by atoms with van der Waals surface area (Å²) in [7, 11) is 0. The molecule has 2 heteroatoms. The molecule has 2 bridgehead atoms. The van der Waals surface area contributed by atoms with Crippen molar-refractivity contribution in [2.75, 3.05) is 0 Å². The SMILES string of the molecule is CC(C)[C@@H]1[C@H]2CC[C@H](C2)[C@H]1C1C(=O)c2ccccc2C1=O. The monoisotopic (exact) mass is 282 g/mol. The fraction of sp³-hybridized carbons (Fsp3) is 0.579. The van der Waals surface area contributed by atoms with Crippen LogP contribution >= 0.6 is 0 Å². The van der Waals surface area contributed by atoms with Gasteiger partial charge < -0.3 is 0 Å². The molecular formula is C19H22O2. The van der Waals surface area contributed by atoms with Crippen LogP contribution in [0.3, 0.4) is 0 Å². The van der Waals surface area contributed by atoms with Crippen molar-refractivity contribution in [2.45, 2.75) is 33.1 Å². The van der Waals surface area contributed by atoms with Crippen molar-refractivity contribution in [3.8, 4) is 0 Å². The minimum Gasteiger partial charge on any atom is -0.293 e. The van der Waals surface area contributed by atoms with Gasteiger partial charge in [-0.1, -0.05) is 38.1 Å². The van der Waals surface area contributed by atoms with Gasteiger partial charge >= 0.3 is 0 Å². The van der Waals surface area contributed by atoms with Gasteiger partial charge in [-0.2, -0.15) is 0 Å². The second kappa shape index (κ2) is 4.53. The number of carbonyl (C=O) groups is 2. The van der Waals surface area contributed by atoms with Crippen LogP contribution < -0.4 is 0 Å². The smallest absolute Gasteiger partial charge is 0.174 e. The molecule has 0 spiro atoms. The summed E-state index contributed by atoms with van der Waals surface area (Å²) in [5.74, 6) is 2.54. The Morgan fingerprint density at radius 2 is 1.52 bits per heavy atom. The highest BCUT2D eigenvalue weighted by atomic mass is 16.2. The van der Waals surface area contributed by atoms with Crippen LogP contribution in [0.2, 0.25) is 0 Å². The molecule has 2 saturated carbocycles. The summed E-state index contributed by atoms with van der Waals surface area (Å²) in [6, 6.07) is 7.39. The number of Topliss-reactive ketones (excluding diaryl/α,β-unsaturated/α-hetero) is 2. The van der Waals surface area contributed by atoms with Crippen molar-refractivity contribution in [3.63, 3.8) is 0 Å². The molecule has 1 aromatic rings. The van der Waals surface area contributed by atoms with Crippen molar-refractivity contribution >= 4 is 11.6 Å². The minimum atomic E-state index is -0.384. The minimum absolute atomic E-state index is 0.0961. The molecule has 4 atom stereocenters. The summed E-state index contributed by atoms with van der Waals surface area (Å²) >= 11 is 0. The van der Waals surface area contributed by atoms with Gasteiger partial charge in [-0.25, -0.2) is 0 Å². The Labute approximate surface area is 125 Å². The van der Waals surface area contributed by atoms with Crippen LogP contribution in [0.25, 0.3) is 0 Å². The Kier molecular flexibility index (Phi) is 2.85. The van der Waals surface area contributed by atoms with Gasteiger partial charge in [-0.05, 0) is 48.9 Å². The largest absolute Gasteiger partial charge is 0.293 e. The number of hydrogen-bond donors (Lipinski definition) is 0. The number of rotatable bonds is 2. The highest BCUT2D eigenvalue weighted by Crippen LogP contribution is 2.58. The Balaban J connectivity index is 1.74. The molecule has 3 aliphatic rings. The molecule has 0 aromatic heterocycles. The van der Waals surface area contributed by atoms with Gasteiger partial charge in [0, 0.05) is 11.1 Å². The van der Waals surface area contributed by atoms with E-state index in [0.717, 1.165) is 5.92 Å². The summed E-state index contributed by atoms with van der Waals surface area (Å²) < 4.78 is 0. The Hall–Kier alpha value is -1.44. The predicted molar refractivity (Wildman–Crippen MR) is 81.2 cm³/mol. The van der Waals surface area contributed by atoms with Crippen molar-refractivity contribution < 1.29 is 9.59 Å². The van der Waals surface area contributed by atoms with Crippen LogP contribution in [0, 0.1) is 35.5 Å². The molecule has 2 fully saturated rings. The van der Waals surface area contributed by atoms with Gasteiger partial charge in [-0.15, -0.1) is 0 Å². The predicted octanol–water partition coefficient (Wildman–Crippen LogP) is 4.00. The van der Waals surface area contributed by atoms with Crippen LogP contribution in [0.4, 0.5) is 0 Å². The number of fused-ring (bicyclic) bond motifs is 3. The molecule has 4 rings (SSSR count). The fourth-order valence-electron chi connectivity index (χ4n) is 5.58. The van der Waals surface area contributed by atoms with E-state index >= 15 is 0 Å². The maximum Gasteiger partial charge on any atom is 0.174 e. The Morgan fingerprint density at radius 3 is 2.10 bits per heavy atom. The second-order valence-corrected chi connectivity index (χ2v) is 7.48. The average molecular weight is 282 g/mol. The van der Waals surface area contributed by atoms with E-state index in [0.29, 0.717) is 28.9 Å². The first-order chi connectivity index (χ1) is 10.1. The summed E-state index contributed by atoms with van der Waals surface area (Å²) in [6.45, 7) is 4.52. The molecule has 0 aliphatic heterocycles. The highest BCUT2D eigenvalue weighted by molar-refractivity contribution is 6.26. The number of hydrogen-bond acceptors (Lipinski definition) is 2. The third kappa shape index (κ3) is 1.71. The molecule has 2 nitrogen and oxygen atoms in total. The van der Waals surface area contributed by atoms with Crippen LogP contribution in [-0.4, -0.2) is 11.6 Å². The van der Waals surface area contributed by atoms with Crippen molar-refractivity contribution in [2.24, 2.45) is 35.5 Å². The molecule has 0 radical (unpaired) electrons. The lowest BCUT2D eigenvalue weighted by Crippen LogP contribution is -2.37. The normalized spacial score (nSPS) is 35.0.